The van der Waals surface area contributed by atoms with Crippen molar-refractivity contribution >= 4 is 0 Å². The zero-order valence-electron chi connectivity index (χ0n) is 9.98. The lowest BCUT2D eigenvalue weighted by Gasteiger charge is -2.27. The van der Waals surface area contributed by atoms with Crippen LogP contribution in [-0.2, 0) is 5.41 Å². The number of rotatable bonds is 6. The summed E-state index contributed by atoms with van der Waals surface area (Å²) in [7, 11) is 0. The van der Waals surface area contributed by atoms with Gasteiger partial charge in [-0.2, -0.15) is 0 Å². The van der Waals surface area contributed by atoms with Crippen molar-refractivity contribution in [1.82, 2.24) is 5.32 Å². The highest BCUT2D eigenvalue weighted by atomic mass is 16.3. The van der Waals surface area contributed by atoms with Gasteiger partial charge in [-0.25, -0.2) is 0 Å². The molecule has 1 aromatic rings. The highest BCUT2D eigenvalue weighted by Crippen LogP contribution is 2.21. The highest BCUT2D eigenvalue weighted by molar-refractivity contribution is 5.23. The number of hydrogen-bond donors (Lipinski definition) is 3. The SMILES string of the molecule is CC(C)(CNC(CO)CO)c1ccccc1. The molecule has 0 bridgehead atoms. The van der Waals surface area contributed by atoms with Gasteiger partial charge >= 0.3 is 0 Å². The number of aliphatic hydroxyl groups is 2. The maximum Gasteiger partial charge on any atom is 0.0607 e. The van der Waals surface area contributed by atoms with Gasteiger partial charge in [-0.3, -0.25) is 0 Å². The minimum absolute atomic E-state index is 0.0101. The summed E-state index contributed by atoms with van der Waals surface area (Å²) in [6.07, 6.45) is 0. The summed E-state index contributed by atoms with van der Waals surface area (Å²) >= 11 is 0. The monoisotopic (exact) mass is 223 g/mol. The summed E-state index contributed by atoms with van der Waals surface area (Å²) in [5.74, 6) is 0. The van der Waals surface area contributed by atoms with Crippen molar-refractivity contribution < 1.29 is 10.2 Å². The number of aliphatic hydroxyl groups excluding tert-OH is 2. The van der Waals surface area contributed by atoms with E-state index in [-0.39, 0.29) is 24.7 Å². The molecule has 1 aromatic carbocycles. The summed E-state index contributed by atoms with van der Waals surface area (Å²) in [6.45, 7) is 4.92. The average Bonchev–Trinajstić information content (AvgIpc) is 2.31. The van der Waals surface area contributed by atoms with E-state index in [2.05, 4.69) is 31.3 Å². The van der Waals surface area contributed by atoms with E-state index in [1.54, 1.807) is 0 Å². The zero-order chi connectivity index (χ0) is 12.0. The Morgan fingerprint density at radius 1 is 1.12 bits per heavy atom. The second kappa shape index (κ2) is 5.99. The lowest BCUT2D eigenvalue weighted by atomic mass is 9.84. The molecule has 0 aliphatic rings. The van der Waals surface area contributed by atoms with Crippen LogP contribution in [0.15, 0.2) is 30.3 Å². The number of benzene rings is 1. The first-order chi connectivity index (χ1) is 7.60. The van der Waals surface area contributed by atoms with Crippen LogP contribution in [0.1, 0.15) is 19.4 Å². The first-order valence-electron chi connectivity index (χ1n) is 5.61. The van der Waals surface area contributed by atoms with E-state index in [4.69, 9.17) is 10.2 Å². The van der Waals surface area contributed by atoms with Crippen LogP contribution in [0.25, 0.3) is 0 Å². The van der Waals surface area contributed by atoms with E-state index >= 15 is 0 Å². The number of hydrogen-bond acceptors (Lipinski definition) is 3. The molecule has 0 radical (unpaired) electrons. The predicted molar refractivity (Wildman–Crippen MR) is 65.4 cm³/mol. The van der Waals surface area contributed by atoms with Crippen molar-refractivity contribution in [1.29, 1.82) is 0 Å². The molecule has 0 aromatic heterocycles. The Morgan fingerprint density at radius 3 is 2.19 bits per heavy atom. The lowest BCUT2D eigenvalue weighted by Crippen LogP contribution is -2.42. The molecule has 0 saturated heterocycles. The third kappa shape index (κ3) is 3.59. The Hall–Kier alpha value is -0.900. The van der Waals surface area contributed by atoms with Crippen molar-refractivity contribution in [3.05, 3.63) is 35.9 Å². The van der Waals surface area contributed by atoms with E-state index in [0.29, 0.717) is 0 Å². The Morgan fingerprint density at radius 2 is 1.69 bits per heavy atom. The third-order valence-corrected chi connectivity index (χ3v) is 2.83. The largest absolute Gasteiger partial charge is 0.395 e. The Balaban J connectivity index is 2.58. The molecule has 90 valence electrons. The standard InChI is InChI=1S/C13H21NO2/c1-13(2,10-14-12(8-15)9-16)11-6-4-3-5-7-11/h3-7,12,14-16H,8-10H2,1-2H3. The van der Waals surface area contributed by atoms with Gasteiger partial charge in [-0.15, -0.1) is 0 Å². The van der Waals surface area contributed by atoms with Crippen LogP contribution in [0.4, 0.5) is 0 Å². The molecule has 0 atom stereocenters. The molecular formula is C13H21NO2. The molecular weight excluding hydrogens is 202 g/mol. The minimum atomic E-state index is -0.233. The maximum absolute atomic E-state index is 8.97. The fourth-order valence-electron chi connectivity index (χ4n) is 1.58. The summed E-state index contributed by atoms with van der Waals surface area (Å²) in [5.41, 5.74) is 1.24. The van der Waals surface area contributed by atoms with E-state index in [0.717, 1.165) is 6.54 Å². The third-order valence-electron chi connectivity index (χ3n) is 2.83. The van der Waals surface area contributed by atoms with Gasteiger partial charge in [-0.1, -0.05) is 44.2 Å². The van der Waals surface area contributed by atoms with Gasteiger partial charge in [0, 0.05) is 12.0 Å². The van der Waals surface area contributed by atoms with Gasteiger partial charge < -0.3 is 15.5 Å². The molecule has 0 amide bonds. The first kappa shape index (κ1) is 13.2. The molecule has 16 heavy (non-hydrogen) atoms. The quantitative estimate of drug-likeness (QED) is 0.672. The Bertz CT molecular complexity index is 294. The topological polar surface area (TPSA) is 52.5 Å². The van der Waals surface area contributed by atoms with Crippen molar-refractivity contribution in [2.24, 2.45) is 0 Å². The zero-order valence-corrected chi connectivity index (χ0v) is 9.98. The van der Waals surface area contributed by atoms with Crippen molar-refractivity contribution in [3.63, 3.8) is 0 Å². The molecule has 0 saturated carbocycles. The second-order valence-electron chi connectivity index (χ2n) is 4.69. The number of nitrogens with one attached hydrogen (secondary N) is 1. The molecule has 1 rings (SSSR count). The van der Waals surface area contributed by atoms with Crippen LogP contribution >= 0.6 is 0 Å². The van der Waals surface area contributed by atoms with Crippen molar-refractivity contribution in [2.75, 3.05) is 19.8 Å². The van der Waals surface area contributed by atoms with Gasteiger partial charge in [0.05, 0.1) is 19.3 Å². The summed E-state index contributed by atoms with van der Waals surface area (Å²) in [4.78, 5) is 0. The Kier molecular flexibility index (Phi) is 4.93. The molecule has 0 aliphatic heterocycles. The van der Waals surface area contributed by atoms with Gasteiger partial charge in [0.25, 0.3) is 0 Å². The molecule has 0 heterocycles. The molecule has 0 unspecified atom stereocenters. The Labute approximate surface area is 97.1 Å². The van der Waals surface area contributed by atoms with Crippen LogP contribution < -0.4 is 5.32 Å². The van der Waals surface area contributed by atoms with E-state index in [1.165, 1.54) is 5.56 Å². The first-order valence-corrected chi connectivity index (χ1v) is 5.61. The minimum Gasteiger partial charge on any atom is -0.395 e. The van der Waals surface area contributed by atoms with Crippen LogP contribution in [-0.4, -0.2) is 36.0 Å². The van der Waals surface area contributed by atoms with Gasteiger partial charge in [0.1, 0.15) is 0 Å². The molecule has 0 aliphatic carbocycles. The maximum atomic E-state index is 8.97. The van der Waals surface area contributed by atoms with Gasteiger partial charge in [0.2, 0.25) is 0 Å². The van der Waals surface area contributed by atoms with E-state index in [1.807, 2.05) is 18.2 Å². The smallest absolute Gasteiger partial charge is 0.0607 e. The van der Waals surface area contributed by atoms with Crippen LogP contribution in [0.2, 0.25) is 0 Å². The molecule has 3 heteroatoms. The van der Waals surface area contributed by atoms with E-state index in [9.17, 15) is 0 Å². The van der Waals surface area contributed by atoms with Crippen LogP contribution in [0.5, 0.6) is 0 Å². The normalized spacial score (nSPS) is 12.1. The van der Waals surface area contributed by atoms with E-state index < -0.39 is 0 Å². The molecule has 0 spiro atoms. The van der Waals surface area contributed by atoms with Crippen molar-refractivity contribution in [3.8, 4) is 0 Å². The fraction of sp³-hybridized carbons (Fsp3) is 0.538. The average molecular weight is 223 g/mol. The second-order valence-corrected chi connectivity index (χ2v) is 4.69. The summed E-state index contributed by atoms with van der Waals surface area (Å²) in [5, 5.41) is 21.1. The lowest BCUT2D eigenvalue weighted by molar-refractivity contribution is 0.166. The molecule has 3 nitrogen and oxygen atoms in total. The van der Waals surface area contributed by atoms with Crippen molar-refractivity contribution in [2.45, 2.75) is 25.3 Å². The summed E-state index contributed by atoms with van der Waals surface area (Å²) in [6, 6.07) is 9.99. The highest BCUT2D eigenvalue weighted by Gasteiger charge is 2.21. The van der Waals surface area contributed by atoms with Gasteiger partial charge in [0.15, 0.2) is 0 Å². The van der Waals surface area contributed by atoms with Crippen LogP contribution in [0.3, 0.4) is 0 Å². The van der Waals surface area contributed by atoms with Gasteiger partial charge in [-0.05, 0) is 5.56 Å². The fourth-order valence-corrected chi connectivity index (χ4v) is 1.58. The van der Waals surface area contributed by atoms with Crippen LogP contribution in [0, 0.1) is 0 Å². The molecule has 3 N–H and O–H groups in total. The predicted octanol–water partition coefficient (Wildman–Crippen LogP) is 0.907. The molecule has 0 fully saturated rings. The summed E-state index contributed by atoms with van der Waals surface area (Å²) < 4.78 is 0.